The molecular weight excluding hydrogens is 658 g/mol. The summed E-state index contributed by atoms with van der Waals surface area (Å²) in [7, 11) is 0. The van der Waals surface area contributed by atoms with Gasteiger partial charge < -0.3 is 24.1 Å². The van der Waals surface area contributed by atoms with Crippen LogP contribution in [0.2, 0.25) is 0 Å². The first kappa shape index (κ1) is 33.3. The van der Waals surface area contributed by atoms with Crippen LogP contribution in [0, 0.1) is 5.82 Å². The van der Waals surface area contributed by atoms with Crippen LogP contribution < -0.4 is 23.8 Å². The molecule has 10 nitrogen and oxygen atoms in total. The van der Waals surface area contributed by atoms with Gasteiger partial charge >= 0.3 is 5.91 Å². The summed E-state index contributed by atoms with van der Waals surface area (Å²) < 4.78 is 38.0. The Kier molecular flexibility index (Phi) is 10.5. The second-order valence-corrected chi connectivity index (χ2v) is 13.1. The lowest BCUT2D eigenvalue weighted by atomic mass is 9.95. The van der Waals surface area contributed by atoms with Gasteiger partial charge in [0.05, 0.1) is 24.8 Å². The summed E-state index contributed by atoms with van der Waals surface area (Å²) in [5.74, 6) is -0.278. The molecule has 0 aliphatic carbocycles. The highest BCUT2D eigenvalue weighted by Gasteiger charge is 2.48. The minimum absolute atomic E-state index is 0.133. The van der Waals surface area contributed by atoms with Gasteiger partial charge in [-0.05, 0) is 60.9 Å². The van der Waals surface area contributed by atoms with Crippen LogP contribution in [0.4, 0.5) is 9.52 Å². The fraction of sp³-hybridized carbons (Fsp3) is 0.314. The fourth-order valence-electron chi connectivity index (χ4n) is 5.42. The number of aromatic nitrogens is 2. The third kappa shape index (κ3) is 6.97. The predicted molar refractivity (Wildman–Crippen MR) is 181 cm³/mol. The second kappa shape index (κ2) is 15.1. The number of ketones is 1. The number of amides is 1. The summed E-state index contributed by atoms with van der Waals surface area (Å²) >= 11 is 2.36. The molecule has 0 saturated carbocycles. The summed E-state index contributed by atoms with van der Waals surface area (Å²) in [6.07, 6.45) is 2.96. The van der Waals surface area contributed by atoms with Crippen molar-refractivity contribution in [2.24, 2.45) is 0 Å². The molecule has 1 atom stereocenters. The highest BCUT2D eigenvalue weighted by atomic mass is 32.2. The van der Waals surface area contributed by atoms with E-state index in [0.29, 0.717) is 70.6 Å². The third-order valence-corrected chi connectivity index (χ3v) is 9.86. The normalized spacial score (nSPS) is 16.7. The van der Waals surface area contributed by atoms with Gasteiger partial charge in [0, 0.05) is 11.3 Å². The molecule has 1 fully saturated rings. The number of halogens is 1. The van der Waals surface area contributed by atoms with Crippen LogP contribution in [0.5, 0.6) is 23.0 Å². The van der Waals surface area contributed by atoms with Gasteiger partial charge in [0.15, 0.2) is 27.3 Å². The number of unbranched alkanes of at least 4 members (excludes halogenated alkanes) is 2. The molecule has 6 rings (SSSR count). The van der Waals surface area contributed by atoms with Gasteiger partial charge in [0.1, 0.15) is 24.8 Å². The van der Waals surface area contributed by atoms with Crippen molar-refractivity contribution in [1.82, 2.24) is 10.2 Å². The SMILES string of the molecule is CCCCCOc1ccc([C@H]2C(=C(O)c3ccc4c(c3)OCCO4)C(=O)C(=O)N2c2nnc(SCc3ccccc3F)s2)cc1OCC. The maximum absolute atomic E-state index is 14.2. The number of benzene rings is 3. The molecule has 48 heavy (non-hydrogen) atoms. The number of anilines is 1. The summed E-state index contributed by atoms with van der Waals surface area (Å²) in [6, 6.07) is 15.4. The zero-order chi connectivity index (χ0) is 33.6. The zero-order valence-corrected chi connectivity index (χ0v) is 28.1. The minimum Gasteiger partial charge on any atom is -0.507 e. The number of hydrogen-bond donors (Lipinski definition) is 1. The molecule has 1 saturated heterocycles. The molecule has 1 aromatic heterocycles. The number of thioether (sulfide) groups is 1. The van der Waals surface area contributed by atoms with Crippen LogP contribution in [0.3, 0.4) is 0 Å². The monoisotopic (exact) mass is 691 g/mol. The molecule has 2 aliphatic rings. The average Bonchev–Trinajstić information content (AvgIpc) is 3.67. The number of aliphatic hydroxyl groups is 1. The zero-order valence-electron chi connectivity index (χ0n) is 26.4. The maximum Gasteiger partial charge on any atom is 0.301 e. The number of nitrogens with zero attached hydrogens (tertiary/aromatic N) is 3. The number of fused-ring (bicyclic) bond motifs is 1. The predicted octanol–water partition coefficient (Wildman–Crippen LogP) is 7.33. The van der Waals surface area contributed by atoms with E-state index in [0.717, 1.165) is 30.6 Å². The van der Waals surface area contributed by atoms with Crippen molar-refractivity contribution in [3.63, 3.8) is 0 Å². The number of hydrogen-bond acceptors (Lipinski definition) is 11. The summed E-state index contributed by atoms with van der Waals surface area (Å²) in [6.45, 7) is 5.56. The van der Waals surface area contributed by atoms with Crippen molar-refractivity contribution in [1.29, 1.82) is 0 Å². The van der Waals surface area contributed by atoms with Crippen LogP contribution in [0.25, 0.3) is 5.76 Å². The minimum atomic E-state index is -1.08. The molecule has 3 heterocycles. The average molecular weight is 692 g/mol. The van der Waals surface area contributed by atoms with Gasteiger partial charge in [-0.2, -0.15) is 0 Å². The first-order chi connectivity index (χ1) is 23.4. The fourth-order valence-corrected chi connectivity index (χ4v) is 7.27. The van der Waals surface area contributed by atoms with Crippen LogP contribution in [0.1, 0.15) is 55.8 Å². The molecule has 0 bridgehead atoms. The van der Waals surface area contributed by atoms with Gasteiger partial charge in [0.25, 0.3) is 5.78 Å². The van der Waals surface area contributed by atoms with Crippen molar-refractivity contribution in [2.45, 2.75) is 49.2 Å². The molecule has 0 unspecified atom stereocenters. The van der Waals surface area contributed by atoms with E-state index < -0.39 is 17.7 Å². The molecule has 13 heteroatoms. The van der Waals surface area contributed by atoms with E-state index in [1.54, 1.807) is 54.6 Å². The Morgan fingerprint density at radius 2 is 1.81 bits per heavy atom. The van der Waals surface area contributed by atoms with E-state index >= 15 is 0 Å². The second-order valence-electron chi connectivity index (χ2n) is 11.0. The van der Waals surface area contributed by atoms with Crippen LogP contribution in [-0.2, 0) is 15.3 Å². The van der Waals surface area contributed by atoms with E-state index in [1.807, 2.05) is 6.92 Å². The number of rotatable bonds is 13. The van der Waals surface area contributed by atoms with Crippen molar-refractivity contribution >= 4 is 45.7 Å². The van der Waals surface area contributed by atoms with Gasteiger partial charge in [-0.15, -0.1) is 10.2 Å². The van der Waals surface area contributed by atoms with E-state index in [4.69, 9.17) is 18.9 Å². The van der Waals surface area contributed by atoms with E-state index in [-0.39, 0.29) is 27.8 Å². The van der Waals surface area contributed by atoms with Crippen LogP contribution in [-0.4, -0.2) is 53.4 Å². The van der Waals surface area contributed by atoms with Gasteiger partial charge in [0.2, 0.25) is 5.13 Å². The standard InChI is InChI=1S/C35H34FN3O7S2/c1-3-5-8-15-44-25-13-11-21(18-27(25)43-4-2)30-29(31(40)22-12-14-26-28(19-22)46-17-16-45-26)32(41)33(42)39(30)34-37-38-35(48-34)47-20-23-9-6-7-10-24(23)36/h6-7,9-14,18-19,30,40H,3-5,8,15-17,20H2,1-2H3/t30-/m0/s1. The lowest BCUT2D eigenvalue weighted by Crippen LogP contribution is -2.29. The molecule has 1 N–H and O–H groups in total. The molecule has 250 valence electrons. The number of carbonyl (C=O) groups is 2. The Hall–Kier alpha value is -4.62. The Bertz CT molecular complexity index is 1850. The molecule has 3 aromatic carbocycles. The number of Topliss-reactive ketones (excluding diaryl/α,β-unsaturated/α-hetero) is 1. The summed E-state index contributed by atoms with van der Waals surface area (Å²) in [5, 5.41) is 20.3. The van der Waals surface area contributed by atoms with Crippen molar-refractivity contribution in [2.75, 3.05) is 31.3 Å². The first-order valence-corrected chi connectivity index (χ1v) is 17.5. The van der Waals surface area contributed by atoms with Crippen molar-refractivity contribution in [3.05, 3.63) is 88.7 Å². The van der Waals surface area contributed by atoms with Gasteiger partial charge in [-0.25, -0.2) is 4.39 Å². The summed E-state index contributed by atoms with van der Waals surface area (Å²) in [4.78, 5) is 28.8. The smallest absolute Gasteiger partial charge is 0.301 e. The van der Waals surface area contributed by atoms with Crippen molar-refractivity contribution < 1.29 is 38.0 Å². The van der Waals surface area contributed by atoms with Crippen LogP contribution in [0.15, 0.2) is 70.6 Å². The summed E-state index contributed by atoms with van der Waals surface area (Å²) in [5.41, 5.74) is 1.14. The number of ether oxygens (including phenoxy) is 4. The van der Waals surface area contributed by atoms with Gasteiger partial charge in [-0.3, -0.25) is 14.5 Å². The molecule has 0 spiro atoms. The Labute approximate surface area is 285 Å². The lowest BCUT2D eigenvalue weighted by molar-refractivity contribution is -0.132. The molecular formula is C35H34FN3O7S2. The van der Waals surface area contributed by atoms with Gasteiger partial charge in [-0.1, -0.05) is 67.1 Å². The molecule has 1 amide bonds. The highest BCUT2D eigenvalue weighted by Crippen LogP contribution is 2.46. The largest absolute Gasteiger partial charge is 0.507 e. The highest BCUT2D eigenvalue weighted by molar-refractivity contribution is 8.00. The lowest BCUT2D eigenvalue weighted by Gasteiger charge is -2.24. The molecule has 4 aromatic rings. The number of aliphatic hydroxyl groups excluding tert-OH is 1. The molecule has 0 radical (unpaired) electrons. The number of carbonyl (C=O) groups excluding carboxylic acids is 2. The Morgan fingerprint density at radius 3 is 2.60 bits per heavy atom. The van der Waals surface area contributed by atoms with Crippen molar-refractivity contribution in [3.8, 4) is 23.0 Å². The van der Waals surface area contributed by atoms with E-state index in [9.17, 15) is 19.1 Å². The quantitative estimate of drug-likeness (QED) is 0.0381. The van der Waals surface area contributed by atoms with E-state index in [1.165, 1.54) is 22.7 Å². The maximum atomic E-state index is 14.2. The Balaban J connectivity index is 1.40. The first-order valence-electron chi connectivity index (χ1n) is 15.7. The van der Waals surface area contributed by atoms with Crippen LogP contribution >= 0.6 is 23.1 Å². The Morgan fingerprint density at radius 1 is 1.00 bits per heavy atom. The third-order valence-electron chi connectivity index (χ3n) is 7.76. The van der Waals surface area contributed by atoms with E-state index in [2.05, 4.69) is 17.1 Å². The topological polar surface area (TPSA) is 120 Å². The molecule has 2 aliphatic heterocycles.